The third-order valence-corrected chi connectivity index (χ3v) is 12.7. The molecule has 0 spiro atoms. The first-order valence-corrected chi connectivity index (χ1v) is 20.1. The average Bonchev–Trinajstić information content (AvgIpc) is 3.75. The molecular weight excluding hydrogens is 688 g/mol. The van der Waals surface area contributed by atoms with Crippen molar-refractivity contribution in [2.45, 2.75) is 178 Å². The zero-order valence-corrected chi connectivity index (χ0v) is 35.6. The summed E-state index contributed by atoms with van der Waals surface area (Å²) < 4.78 is 27.6. The number of phenols is 1. The Hall–Kier alpha value is -3.14. The van der Waals surface area contributed by atoms with Crippen LogP contribution in [0.4, 0.5) is 0 Å². The maximum atomic E-state index is 12.4. The van der Waals surface area contributed by atoms with Crippen LogP contribution >= 0.6 is 0 Å². The van der Waals surface area contributed by atoms with Gasteiger partial charge in [0.25, 0.3) is 0 Å². The summed E-state index contributed by atoms with van der Waals surface area (Å²) in [4.78, 5) is 47.6. The van der Waals surface area contributed by atoms with Crippen LogP contribution in [0.2, 0.25) is 0 Å². The van der Waals surface area contributed by atoms with Crippen LogP contribution in [0.25, 0.3) is 0 Å². The van der Waals surface area contributed by atoms with E-state index in [9.17, 15) is 19.2 Å². The number of aromatic hydroxyl groups is 1. The molecule has 306 valence electrons. The van der Waals surface area contributed by atoms with Gasteiger partial charge in [-0.15, -0.1) is 0 Å². The van der Waals surface area contributed by atoms with E-state index in [0.717, 1.165) is 18.8 Å². The first kappa shape index (κ1) is 45.3. The van der Waals surface area contributed by atoms with Crippen molar-refractivity contribution in [3.05, 3.63) is 24.3 Å². The van der Waals surface area contributed by atoms with Crippen molar-refractivity contribution in [3.8, 4) is 11.5 Å². The largest absolute Gasteiger partial charge is 0.508 e. The lowest BCUT2D eigenvalue weighted by Crippen LogP contribution is -2.43. The van der Waals surface area contributed by atoms with E-state index in [4.69, 9.17) is 28.8 Å². The number of rotatable bonds is 10. The van der Waals surface area contributed by atoms with Crippen molar-refractivity contribution in [2.24, 2.45) is 39.4 Å². The van der Waals surface area contributed by atoms with Crippen LogP contribution in [0.5, 0.6) is 11.5 Å². The lowest BCUT2D eigenvalue weighted by Gasteiger charge is -2.43. The molecule has 1 aromatic rings. The molecule has 3 saturated heterocycles. The third-order valence-electron chi connectivity index (χ3n) is 12.7. The second kappa shape index (κ2) is 17.3. The number of hydrogen-bond donors (Lipinski definition) is 1. The Morgan fingerprint density at radius 2 is 1.19 bits per heavy atom. The summed E-state index contributed by atoms with van der Waals surface area (Å²) in [6.45, 7) is 28.5. The number of hydrogen-bond acceptors (Lipinski definition) is 10. The molecule has 1 N–H and O–H groups in total. The topological polar surface area (TPSA) is 135 Å². The number of benzene rings is 1. The molecule has 0 radical (unpaired) electrons. The molecule has 0 aromatic heterocycles. The summed E-state index contributed by atoms with van der Waals surface area (Å²) in [5.74, 6) is 1.01. The second-order valence-electron chi connectivity index (χ2n) is 19.3. The fourth-order valence-electron chi connectivity index (χ4n) is 6.97. The maximum absolute atomic E-state index is 12.4. The standard InChI is InChI=1S/C19H36O2.C13H18O5.C12H16O3/c1-9-18(5,6)16(20)21-19(7,8)15-12-10-14(11-13-15)17(2,3)4;1-4-13(2,3)12(15)18-9-7-5-6-8(16-7)10(9)17-11(6)14;1-4-12(2,3)11(14)15-10-7-5-9(13)6-8-10/h14-15H,9-13H2,1-8H3;6-10H,4-5H2,1-3H3;5-8,13H,4H2,1-3H3. The smallest absolute Gasteiger partial charge is 0.316 e. The van der Waals surface area contributed by atoms with Crippen molar-refractivity contribution in [2.75, 3.05) is 0 Å². The summed E-state index contributed by atoms with van der Waals surface area (Å²) in [5.41, 5.74) is -1.30. The molecule has 0 amide bonds. The van der Waals surface area contributed by atoms with E-state index in [1.807, 2.05) is 62.3 Å². The highest BCUT2D eigenvalue weighted by molar-refractivity contribution is 5.79. The van der Waals surface area contributed by atoms with Gasteiger partial charge in [-0.2, -0.15) is 0 Å². The molecule has 10 nitrogen and oxygen atoms in total. The number of carbonyl (C=O) groups excluding carboxylic acids is 4. The summed E-state index contributed by atoms with van der Waals surface area (Å²) in [7, 11) is 0. The molecule has 1 saturated carbocycles. The first-order chi connectivity index (χ1) is 24.8. The van der Waals surface area contributed by atoms with Crippen molar-refractivity contribution >= 4 is 23.9 Å². The van der Waals surface area contributed by atoms with E-state index in [1.165, 1.54) is 37.8 Å². The van der Waals surface area contributed by atoms with Crippen LogP contribution in [-0.4, -0.2) is 59.0 Å². The molecule has 4 fully saturated rings. The molecule has 5 unspecified atom stereocenters. The van der Waals surface area contributed by atoms with Crippen LogP contribution in [0, 0.1) is 39.4 Å². The van der Waals surface area contributed by atoms with Gasteiger partial charge in [0.1, 0.15) is 23.2 Å². The molecule has 5 rings (SSSR count). The summed E-state index contributed by atoms with van der Waals surface area (Å²) in [5, 5.41) is 9.06. The summed E-state index contributed by atoms with van der Waals surface area (Å²) >= 11 is 0. The number of fused-ring (bicyclic) bond motifs is 1. The monoisotopic (exact) mass is 758 g/mol. The van der Waals surface area contributed by atoms with Gasteiger partial charge < -0.3 is 28.8 Å². The minimum Gasteiger partial charge on any atom is -0.508 e. The average molecular weight is 759 g/mol. The number of ether oxygens (including phenoxy) is 5. The Labute approximate surface area is 324 Å². The van der Waals surface area contributed by atoms with E-state index >= 15 is 0 Å². The molecule has 54 heavy (non-hydrogen) atoms. The minimum absolute atomic E-state index is 0.0482. The Balaban J connectivity index is 0.000000221. The normalized spacial score (nSPS) is 26.4. The first-order valence-electron chi connectivity index (χ1n) is 20.1. The Bertz CT molecular complexity index is 1440. The van der Waals surface area contributed by atoms with E-state index in [2.05, 4.69) is 34.6 Å². The zero-order valence-electron chi connectivity index (χ0n) is 35.6. The van der Waals surface area contributed by atoms with Gasteiger partial charge in [0.15, 0.2) is 12.2 Å². The van der Waals surface area contributed by atoms with Gasteiger partial charge >= 0.3 is 23.9 Å². The highest BCUT2D eigenvalue weighted by Crippen LogP contribution is 2.48. The van der Waals surface area contributed by atoms with E-state index in [0.29, 0.717) is 29.9 Å². The van der Waals surface area contributed by atoms with Crippen molar-refractivity contribution in [1.29, 1.82) is 0 Å². The lowest BCUT2D eigenvalue weighted by atomic mass is 9.67. The van der Waals surface area contributed by atoms with E-state index < -0.39 is 23.0 Å². The van der Waals surface area contributed by atoms with Crippen LogP contribution in [0.1, 0.15) is 148 Å². The van der Waals surface area contributed by atoms with Crippen LogP contribution in [0.15, 0.2) is 24.3 Å². The lowest BCUT2D eigenvalue weighted by molar-refractivity contribution is -0.174. The fourth-order valence-corrected chi connectivity index (χ4v) is 6.97. The van der Waals surface area contributed by atoms with Crippen LogP contribution in [0.3, 0.4) is 0 Å². The molecule has 1 aromatic carbocycles. The molecule has 5 atom stereocenters. The van der Waals surface area contributed by atoms with Crippen molar-refractivity contribution in [1.82, 2.24) is 0 Å². The highest BCUT2D eigenvalue weighted by Gasteiger charge is 2.65. The van der Waals surface area contributed by atoms with Gasteiger partial charge in [0.05, 0.1) is 28.3 Å². The van der Waals surface area contributed by atoms with Gasteiger partial charge in [-0.1, -0.05) is 41.5 Å². The van der Waals surface area contributed by atoms with Crippen molar-refractivity contribution in [3.63, 3.8) is 0 Å². The fraction of sp³-hybridized carbons (Fsp3) is 0.773. The molecule has 3 heterocycles. The molecule has 1 aliphatic carbocycles. The predicted octanol–water partition coefficient (Wildman–Crippen LogP) is 9.38. The molecule has 4 aliphatic rings. The quantitative estimate of drug-likeness (QED) is 0.140. The van der Waals surface area contributed by atoms with Gasteiger partial charge in [-0.05, 0) is 148 Å². The number of esters is 4. The van der Waals surface area contributed by atoms with E-state index in [1.54, 1.807) is 12.1 Å². The number of phenolic OH excluding ortho intramolecular Hbond substituents is 1. The van der Waals surface area contributed by atoms with Gasteiger partial charge in [0.2, 0.25) is 0 Å². The Morgan fingerprint density at radius 1 is 0.704 bits per heavy atom. The third kappa shape index (κ3) is 11.0. The zero-order chi connectivity index (χ0) is 41.0. The molecule has 10 heteroatoms. The van der Waals surface area contributed by atoms with Gasteiger partial charge in [0, 0.05) is 0 Å². The van der Waals surface area contributed by atoms with Gasteiger partial charge in [-0.25, -0.2) is 0 Å². The summed E-state index contributed by atoms with van der Waals surface area (Å²) in [6, 6.07) is 6.11. The molecular formula is C44H70O10. The Morgan fingerprint density at radius 3 is 1.69 bits per heavy atom. The van der Waals surface area contributed by atoms with Crippen molar-refractivity contribution < 1.29 is 48.0 Å². The SMILES string of the molecule is CCC(C)(C)C(=O)OC(C)(C)C1CCC(C(C)(C)C)CC1.CCC(C)(C)C(=O)OC1C2CC3C(=O)OC1C3O2.CCC(C)(C)C(=O)Oc1ccc(O)cc1. The number of carbonyl (C=O) groups is 4. The molecule has 2 bridgehead atoms. The predicted molar refractivity (Wildman–Crippen MR) is 208 cm³/mol. The van der Waals surface area contributed by atoms with Crippen LogP contribution < -0.4 is 4.74 Å². The Kier molecular flexibility index (Phi) is 14.5. The molecule has 3 aliphatic heterocycles. The minimum atomic E-state index is -0.510. The highest BCUT2D eigenvalue weighted by atomic mass is 16.7. The van der Waals surface area contributed by atoms with Crippen LogP contribution in [-0.2, 0) is 38.1 Å². The second-order valence-corrected chi connectivity index (χ2v) is 19.3. The summed E-state index contributed by atoms with van der Waals surface area (Å²) in [6.07, 6.45) is 6.54. The van der Waals surface area contributed by atoms with Gasteiger partial charge in [-0.3, -0.25) is 19.2 Å². The van der Waals surface area contributed by atoms with E-state index in [-0.39, 0.29) is 58.8 Å². The maximum Gasteiger partial charge on any atom is 0.316 e.